The SMILES string of the molecule is CC1CCCC(C)N1C(=O)COC(=O)c1cc2ccccc2o1. The van der Waals surface area contributed by atoms with Crippen LogP contribution >= 0.6 is 0 Å². The molecular formula is C18H21NO4. The van der Waals surface area contributed by atoms with Gasteiger partial charge in [-0.1, -0.05) is 18.2 Å². The van der Waals surface area contributed by atoms with Gasteiger partial charge < -0.3 is 14.1 Å². The maximum atomic E-state index is 12.3. The van der Waals surface area contributed by atoms with Gasteiger partial charge in [0.1, 0.15) is 5.58 Å². The van der Waals surface area contributed by atoms with Crippen LogP contribution in [-0.2, 0) is 9.53 Å². The number of benzene rings is 1. The lowest BCUT2D eigenvalue weighted by molar-refractivity contribution is -0.140. The number of ether oxygens (including phenoxy) is 1. The monoisotopic (exact) mass is 315 g/mol. The van der Waals surface area contributed by atoms with Gasteiger partial charge in [-0.25, -0.2) is 4.79 Å². The van der Waals surface area contributed by atoms with Gasteiger partial charge in [0.25, 0.3) is 5.91 Å². The predicted molar refractivity (Wildman–Crippen MR) is 86.1 cm³/mol. The summed E-state index contributed by atoms with van der Waals surface area (Å²) in [5.74, 6) is -0.625. The highest BCUT2D eigenvalue weighted by Crippen LogP contribution is 2.23. The van der Waals surface area contributed by atoms with Crippen molar-refractivity contribution in [3.05, 3.63) is 36.1 Å². The third-order valence-electron chi connectivity index (χ3n) is 4.43. The molecule has 0 radical (unpaired) electrons. The highest BCUT2D eigenvalue weighted by molar-refractivity contribution is 5.93. The Kier molecular flexibility index (Phi) is 4.37. The molecule has 0 saturated carbocycles. The first-order valence-corrected chi connectivity index (χ1v) is 8.03. The van der Waals surface area contributed by atoms with E-state index < -0.39 is 5.97 Å². The Hall–Kier alpha value is -2.30. The molecule has 5 nitrogen and oxygen atoms in total. The molecule has 1 aromatic heterocycles. The third-order valence-corrected chi connectivity index (χ3v) is 4.43. The molecule has 0 spiro atoms. The minimum absolute atomic E-state index is 0.124. The molecule has 1 aliphatic rings. The normalized spacial score (nSPS) is 21.4. The number of amides is 1. The largest absolute Gasteiger partial charge is 0.450 e. The Morgan fingerprint density at radius 2 is 1.91 bits per heavy atom. The van der Waals surface area contributed by atoms with E-state index in [2.05, 4.69) is 0 Å². The summed E-state index contributed by atoms with van der Waals surface area (Å²) < 4.78 is 10.6. The summed E-state index contributed by atoms with van der Waals surface area (Å²) in [6, 6.07) is 9.37. The number of furan rings is 1. The van der Waals surface area contributed by atoms with E-state index in [4.69, 9.17) is 9.15 Å². The Labute approximate surface area is 135 Å². The molecular weight excluding hydrogens is 294 g/mol. The topological polar surface area (TPSA) is 59.8 Å². The third kappa shape index (κ3) is 3.23. The summed E-state index contributed by atoms with van der Waals surface area (Å²) in [4.78, 5) is 26.3. The van der Waals surface area contributed by atoms with Crippen LogP contribution in [0.5, 0.6) is 0 Å². The van der Waals surface area contributed by atoms with Crippen molar-refractivity contribution in [1.29, 1.82) is 0 Å². The number of hydrogen-bond acceptors (Lipinski definition) is 4. The quantitative estimate of drug-likeness (QED) is 0.815. The molecule has 23 heavy (non-hydrogen) atoms. The number of para-hydroxylation sites is 1. The number of likely N-dealkylation sites (tertiary alicyclic amines) is 1. The fourth-order valence-corrected chi connectivity index (χ4v) is 3.27. The van der Waals surface area contributed by atoms with E-state index >= 15 is 0 Å². The second kappa shape index (κ2) is 6.44. The van der Waals surface area contributed by atoms with Crippen LogP contribution in [0.3, 0.4) is 0 Å². The van der Waals surface area contributed by atoms with Crippen molar-refractivity contribution < 1.29 is 18.7 Å². The van der Waals surface area contributed by atoms with Crippen molar-refractivity contribution >= 4 is 22.8 Å². The second-order valence-electron chi connectivity index (χ2n) is 6.15. The number of carbonyl (C=O) groups is 2. The smallest absolute Gasteiger partial charge is 0.374 e. The first kappa shape index (κ1) is 15.6. The lowest BCUT2D eigenvalue weighted by Gasteiger charge is -2.38. The van der Waals surface area contributed by atoms with Crippen LogP contribution in [0.25, 0.3) is 11.0 Å². The first-order valence-electron chi connectivity index (χ1n) is 8.03. The number of carbonyl (C=O) groups excluding carboxylic acids is 2. The molecule has 122 valence electrons. The number of fused-ring (bicyclic) bond motifs is 1. The van der Waals surface area contributed by atoms with Gasteiger partial charge in [0.15, 0.2) is 6.61 Å². The highest BCUT2D eigenvalue weighted by Gasteiger charge is 2.29. The number of esters is 1. The molecule has 2 aromatic rings. The van der Waals surface area contributed by atoms with E-state index in [0.29, 0.717) is 5.58 Å². The highest BCUT2D eigenvalue weighted by atomic mass is 16.5. The van der Waals surface area contributed by atoms with E-state index in [0.717, 1.165) is 24.6 Å². The van der Waals surface area contributed by atoms with Crippen LogP contribution in [0.15, 0.2) is 34.7 Å². The number of nitrogens with zero attached hydrogens (tertiary/aromatic N) is 1. The van der Waals surface area contributed by atoms with Gasteiger partial charge >= 0.3 is 5.97 Å². The maximum absolute atomic E-state index is 12.3. The number of rotatable bonds is 3. The Balaban J connectivity index is 1.63. The Morgan fingerprint density at radius 1 is 1.22 bits per heavy atom. The first-order chi connectivity index (χ1) is 11.1. The minimum atomic E-state index is -0.605. The molecule has 2 unspecified atom stereocenters. The zero-order valence-corrected chi connectivity index (χ0v) is 13.5. The molecule has 0 bridgehead atoms. The number of piperidine rings is 1. The van der Waals surface area contributed by atoms with Crippen LogP contribution in [0, 0.1) is 0 Å². The summed E-state index contributed by atoms with van der Waals surface area (Å²) in [6.45, 7) is 3.83. The average molecular weight is 315 g/mol. The molecule has 3 rings (SSSR count). The molecule has 1 aliphatic heterocycles. The van der Waals surface area contributed by atoms with Gasteiger partial charge in [0.2, 0.25) is 5.76 Å². The standard InChI is InChI=1S/C18H21NO4/c1-12-6-5-7-13(2)19(12)17(20)11-22-18(21)16-10-14-8-3-4-9-15(14)23-16/h3-4,8-10,12-13H,5-7,11H2,1-2H3. The summed E-state index contributed by atoms with van der Waals surface area (Å²) in [6.07, 6.45) is 3.12. The summed E-state index contributed by atoms with van der Waals surface area (Å²) in [5.41, 5.74) is 0.629. The van der Waals surface area contributed by atoms with Crippen LogP contribution < -0.4 is 0 Å². The van der Waals surface area contributed by atoms with Gasteiger partial charge in [-0.2, -0.15) is 0 Å². The molecule has 0 aliphatic carbocycles. The summed E-state index contributed by atoms with van der Waals surface area (Å²) >= 11 is 0. The fourth-order valence-electron chi connectivity index (χ4n) is 3.27. The van der Waals surface area contributed by atoms with Crippen molar-refractivity contribution in [2.75, 3.05) is 6.61 Å². The lowest BCUT2D eigenvalue weighted by atomic mass is 9.97. The second-order valence-corrected chi connectivity index (χ2v) is 6.15. The van der Waals surface area contributed by atoms with Gasteiger partial charge in [-0.15, -0.1) is 0 Å². The minimum Gasteiger partial charge on any atom is -0.450 e. The van der Waals surface area contributed by atoms with E-state index in [9.17, 15) is 9.59 Å². The fraction of sp³-hybridized carbons (Fsp3) is 0.444. The molecule has 2 heterocycles. The molecule has 0 N–H and O–H groups in total. The molecule has 1 aromatic carbocycles. The Bertz CT molecular complexity index is 678. The van der Waals surface area contributed by atoms with Gasteiger partial charge in [0, 0.05) is 17.5 Å². The van der Waals surface area contributed by atoms with E-state index in [-0.39, 0.29) is 30.4 Å². The van der Waals surface area contributed by atoms with Crippen LogP contribution in [0.2, 0.25) is 0 Å². The maximum Gasteiger partial charge on any atom is 0.374 e. The lowest BCUT2D eigenvalue weighted by Crippen LogP contribution is -2.49. The van der Waals surface area contributed by atoms with E-state index in [1.54, 1.807) is 12.1 Å². The average Bonchev–Trinajstić information content (AvgIpc) is 2.96. The molecule has 2 atom stereocenters. The van der Waals surface area contributed by atoms with E-state index in [1.165, 1.54) is 0 Å². The van der Waals surface area contributed by atoms with Crippen molar-refractivity contribution in [2.45, 2.75) is 45.2 Å². The van der Waals surface area contributed by atoms with Crippen LogP contribution in [-0.4, -0.2) is 35.5 Å². The van der Waals surface area contributed by atoms with Gasteiger partial charge in [-0.05, 0) is 45.2 Å². The van der Waals surface area contributed by atoms with Crippen molar-refractivity contribution in [3.63, 3.8) is 0 Å². The van der Waals surface area contributed by atoms with Crippen molar-refractivity contribution in [3.8, 4) is 0 Å². The molecule has 1 amide bonds. The molecule has 1 fully saturated rings. The van der Waals surface area contributed by atoms with E-state index in [1.807, 2.05) is 36.9 Å². The number of hydrogen-bond donors (Lipinski definition) is 0. The Morgan fingerprint density at radius 3 is 2.61 bits per heavy atom. The zero-order chi connectivity index (χ0) is 16.4. The predicted octanol–water partition coefficient (Wildman–Crippen LogP) is 3.38. The zero-order valence-electron chi connectivity index (χ0n) is 13.5. The summed E-state index contributed by atoms with van der Waals surface area (Å²) in [7, 11) is 0. The van der Waals surface area contributed by atoms with Gasteiger partial charge in [-0.3, -0.25) is 4.79 Å². The van der Waals surface area contributed by atoms with Crippen LogP contribution in [0.1, 0.15) is 43.7 Å². The van der Waals surface area contributed by atoms with Crippen LogP contribution in [0.4, 0.5) is 0 Å². The molecule has 1 saturated heterocycles. The van der Waals surface area contributed by atoms with Crippen molar-refractivity contribution in [2.24, 2.45) is 0 Å². The molecule has 5 heteroatoms. The summed E-state index contributed by atoms with van der Waals surface area (Å²) in [5, 5.41) is 0.837. The van der Waals surface area contributed by atoms with Gasteiger partial charge in [0.05, 0.1) is 0 Å². The van der Waals surface area contributed by atoms with Crippen molar-refractivity contribution in [1.82, 2.24) is 4.90 Å².